The van der Waals surface area contributed by atoms with E-state index in [2.05, 4.69) is 41.6 Å². The highest BCUT2D eigenvalue weighted by Crippen LogP contribution is 2.41. The van der Waals surface area contributed by atoms with E-state index in [0.29, 0.717) is 18.6 Å². The summed E-state index contributed by atoms with van der Waals surface area (Å²) >= 11 is 0. The van der Waals surface area contributed by atoms with Crippen LogP contribution in [0.1, 0.15) is 57.9 Å². The standard InChI is InChI=1S/C14H27N5O/c1-5-12-6-7-13(10(12)2)19-14(16-17-18-19)11(3)15-8-9-20-4/h10-13,15H,5-9H2,1-4H3. The molecule has 20 heavy (non-hydrogen) atoms. The fourth-order valence-corrected chi connectivity index (χ4v) is 3.34. The highest BCUT2D eigenvalue weighted by molar-refractivity contribution is 4.95. The molecule has 0 aromatic carbocycles. The minimum absolute atomic E-state index is 0.146. The molecule has 1 fully saturated rings. The molecule has 1 aromatic rings. The monoisotopic (exact) mass is 281 g/mol. The minimum atomic E-state index is 0.146. The summed E-state index contributed by atoms with van der Waals surface area (Å²) in [5.41, 5.74) is 0. The summed E-state index contributed by atoms with van der Waals surface area (Å²) in [6, 6.07) is 0.588. The van der Waals surface area contributed by atoms with Gasteiger partial charge in [-0.15, -0.1) is 5.10 Å². The van der Waals surface area contributed by atoms with Gasteiger partial charge in [-0.2, -0.15) is 0 Å². The van der Waals surface area contributed by atoms with E-state index in [9.17, 15) is 0 Å². The lowest BCUT2D eigenvalue weighted by atomic mass is 9.93. The van der Waals surface area contributed by atoms with Gasteiger partial charge in [0.15, 0.2) is 5.82 Å². The van der Waals surface area contributed by atoms with E-state index < -0.39 is 0 Å². The fraction of sp³-hybridized carbons (Fsp3) is 0.929. The average Bonchev–Trinajstić information content (AvgIpc) is 3.04. The number of aromatic nitrogens is 4. The molecule has 0 amide bonds. The van der Waals surface area contributed by atoms with Crippen LogP contribution in [0.3, 0.4) is 0 Å². The van der Waals surface area contributed by atoms with Crippen molar-refractivity contribution in [2.75, 3.05) is 20.3 Å². The van der Waals surface area contributed by atoms with Gasteiger partial charge in [-0.3, -0.25) is 0 Å². The third-order valence-corrected chi connectivity index (χ3v) is 4.68. The van der Waals surface area contributed by atoms with Crippen LogP contribution in [0.2, 0.25) is 0 Å². The molecular formula is C14H27N5O. The van der Waals surface area contributed by atoms with Gasteiger partial charge in [-0.05, 0) is 42.0 Å². The van der Waals surface area contributed by atoms with E-state index in [1.54, 1.807) is 7.11 Å². The second kappa shape index (κ2) is 7.13. The van der Waals surface area contributed by atoms with Gasteiger partial charge in [0.25, 0.3) is 0 Å². The lowest BCUT2D eigenvalue weighted by Crippen LogP contribution is -2.28. The van der Waals surface area contributed by atoms with Gasteiger partial charge in [0.05, 0.1) is 18.7 Å². The number of tetrazole rings is 1. The first-order chi connectivity index (χ1) is 9.69. The smallest absolute Gasteiger partial charge is 0.168 e. The van der Waals surface area contributed by atoms with E-state index in [4.69, 9.17) is 4.74 Å². The van der Waals surface area contributed by atoms with Gasteiger partial charge in [-0.25, -0.2) is 4.68 Å². The third-order valence-electron chi connectivity index (χ3n) is 4.68. The zero-order valence-electron chi connectivity index (χ0n) is 13.0. The maximum absolute atomic E-state index is 5.06. The Balaban J connectivity index is 2.05. The van der Waals surface area contributed by atoms with E-state index >= 15 is 0 Å². The number of nitrogens with zero attached hydrogens (tertiary/aromatic N) is 4. The Morgan fingerprint density at radius 2 is 2.25 bits per heavy atom. The molecule has 1 N–H and O–H groups in total. The normalized spacial score (nSPS) is 27.9. The summed E-state index contributed by atoms with van der Waals surface area (Å²) in [6.07, 6.45) is 3.71. The molecule has 6 nitrogen and oxygen atoms in total. The lowest BCUT2D eigenvalue weighted by molar-refractivity contribution is 0.195. The van der Waals surface area contributed by atoms with Gasteiger partial charge >= 0.3 is 0 Å². The average molecular weight is 281 g/mol. The molecule has 2 rings (SSSR count). The molecule has 1 heterocycles. The van der Waals surface area contributed by atoms with Crippen LogP contribution in [0.5, 0.6) is 0 Å². The molecule has 0 spiro atoms. The first kappa shape index (κ1) is 15.4. The summed E-state index contributed by atoms with van der Waals surface area (Å²) in [4.78, 5) is 0. The zero-order chi connectivity index (χ0) is 14.5. The zero-order valence-corrected chi connectivity index (χ0v) is 13.0. The third kappa shape index (κ3) is 3.17. The van der Waals surface area contributed by atoms with Crippen molar-refractivity contribution >= 4 is 0 Å². The number of ether oxygens (including phenoxy) is 1. The number of nitrogens with one attached hydrogen (secondary N) is 1. The van der Waals surface area contributed by atoms with Crippen molar-refractivity contribution in [1.29, 1.82) is 0 Å². The molecule has 1 aliphatic rings. The largest absolute Gasteiger partial charge is 0.383 e. The SMILES string of the molecule is CCC1CCC(n2nnnc2C(C)NCCOC)C1C. The second-order valence-corrected chi connectivity index (χ2v) is 5.82. The van der Waals surface area contributed by atoms with Gasteiger partial charge in [0, 0.05) is 13.7 Å². The molecule has 0 saturated heterocycles. The van der Waals surface area contributed by atoms with Crippen molar-refractivity contribution in [3.63, 3.8) is 0 Å². The highest BCUT2D eigenvalue weighted by Gasteiger charge is 2.35. The van der Waals surface area contributed by atoms with Crippen molar-refractivity contribution in [3.8, 4) is 0 Å². The molecule has 114 valence electrons. The lowest BCUT2D eigenvalue weighted by Gasteiger charge is -2.22. The Hall–Kier alpha value is -1.01. The number of methoxy groups -OCH3 is 1. The molecular weight excluding hydrogens is 254 g/mol. The van der Waals surface area contributed by atoms with Gasteiger partial charge < -0.3 is 10.1 Å². The summed E-state index contributed by atoms with van der Waals surface area (Å²) in [5, 5.41) is 15.8. The summed E-state index contributed by atoms with van der Waals surface area (Å²) in [7, 11) is 1.71. The molecule has 0 radical (unpaired) electrons. The molecule has 0 aliphatic heterocycles. The van der Waals surface area contributed by atoms with Gasteiger partial charge in [0.2, 0.25) is 0 Å². The van der Waals surface area contributed by atoms with Crippen LogP contribution in [-0.4, -0.2) is 40.5 Å². The number of hydrogen-bond donors (Lipinski definition) is 1. The van der Waals surface area contributed by atoms with Crippen LogP contribution in [0.25, 0.3) is 0 Å². The van der Waals surface area contributed by atoms with Crippen LogP contribution in [-0.2, 0) is 4.74 Å². The van der Waals surface area contributed by atoms with Crippen molar-refractivity contribution in [2.45, 2.75) is 52.1 Å². The predicted molar refractivity (Wildman–Crippen MR) is 77.3 cm³/mol. The summed E-state index contributed by atoms with van der Waals surface area (Å²) in [6.45, 7) is 8.22. The fourth-order valence-electron chi connectivity index (χ4n) is 3.34. The Kier molecular flexibility index (Phi) is 5.48. The second-order valence-electron chi connectivity index (χ2n) is 5.82. The van der Waals surface area contributed by atoms with Crippen molar-refractivity contribution in [3.05, 3.63) is 5.82 Å². The first-order valence-electron chi connectivity index (χ1n) is 7.69. The predicted octanol–water partition coefficient (Wildman–Crippen LogP) is 1.97. The van der Waals surface area contributed by atoms with Crippen molar-refractivity contribution in [2.24, 2.45) is 11.8 Å². The summed E-state index contributed by atoms with van der Waals surface area (Å²) < 4.78 is 7.11. The van der Waals surface area contributed by atoms with Gasteiger partial charge in [-0.1, -0.05) is 20.3 Å². The number of hydrogen-bond acceptors (Lipinski definition) is 5. The van der Waals surface area contributed by atoms with Crippen LogP contribution in [0, 0.1) is 11.8 Å². The minimum Gasteiger partial charge on any atom is -0.383 e. The molecule has 1 aromatic heterocycles. The van der Waals surface area contributed by atoms with Crippen LogP contribution < -0.4 is 5.32 Å². The van der Waals surface area contributed by atoms with Crippen molar-refractivity contribution in [1.82, 2.24) is 25.5 Å². The highest BCUT2D eigenvalue weighted by atomic mass is 16.5. The Morgan fingerprint density at radius 1 is 1.45 bits per heavy atom. The molecule has 0 bridgehead atoms. The maximum atomic E-state index is 5.06. The molecule has 4 unspecified atom stereocenters. The molecule has 1 saturated carbocycles. The van der Waals surface area contributed by atoms with Crippen LogP contribution >= 0.6 is 0 Å². The first-order valence-corrected chi connectivity index (χ1v) is 7.69. The summed E-state index contributed by atoms with van der Waals surface area (Å²) in [5.74, 6) is 2.39. The maximum Gasteiger partial charge on any atom is 0.168 e. The van der Waals surface area contributed by atoms with Crippen LogP contribution in [0.15, 0.2) is 0 Å². The Morgan fingerprint density at radius 3 is 2.90 bits per heavy atom. The number of rotatable bonds is 7. The van der Waals surface area contributed by atoms with Gasteiger partial charge in [0.1, 0.15) is 0 Å². The quantitative estimate of drug-likeness (QED) is 0.774. The molecule has 6 heteroatoms. The van der Waals surface area contributed by atoms with Crippen molar-refractivity contribution < 1.29 is 4.74 Å². The van der Waals surface area contributed by atoms with E-state index in [1.807, 2.05) is 4.68 Å². The molecule has 4 atom stereocenters. The van der Waals surface area contributed by atoms with E-state index in [0.717, 1.165) is 18.3 Å². The Bertz CT molecular complexity index is 408. The van der Waals surface area contributed by atoms with Crippen LogP contribution in [0.4, 0.5) is 0 Å². The molecule has 1 aliphatic carbocycles. The Labute approximate surface area is 121 Å². The topological polar surface area (TPSA) is 64.9 Å². The van der Waals surface area contributed by atoms with E-state index in [1.165, 1.54) is 19.3 Å². The van der Waals surface area contributed by atoms with E-state index in [-0.39, 0.29) is 6.04 Å².